The summed E-state index contributed by atoms with van der Waals surface area (Å²) in [7, 11) is 2.17. The highest BCUT2D eigenvalue weighted by Gasteiger charge is 2.34. The van der Waals surface area contributed by atoms with Gasteiger partial charge in [0.15, 0.2) is 0 Å². The minimum absolute atomic E-state index is 0.0199. The van der Waals surface area contributed by atoms with Gasteiger partial charge in [0.2, 0.25) is 5.91 Å². The molecule has 172 valence electrons. The molecule has 1 atom stereocenters. The molecular formula is C27H37N3O2. The fourth-order valence-electron chi connectivity index (χ4n) is 5.10. The molecule has 2 aromatic rings. The molecule has 0 unspecified atom stereocenters. The summed E-state index contributed by atoms with van der Waals surface area (Å²) in [6.45, 7) is 8.99. The van der Waals surface area contributed by atoms with E-state index in [1.165, 1.54) is 11.3 Å². The molecule has 2 saturated heterocycles. The van der Waals surface area contributed by atoms with Crippen molar-refractivity contribution in [2.24, 2.45) is 5.92 Å². The fraction of sp³-hybridized carbons (Fsp3) is 0.519. The third-order valence-corrected chi connectivity index (χ3v) is 7.50. The molecule has 0 aromatic heterocycles. The third-order valence-electron chi connectivity index (χ3n) is 7.50. The summed E-state index contributed by atoms with van der Waals surface area (Å²) < 4.78 is 0. The smallest absolute Gasteiger partial charge is 0.230 e. The number of nitrogens with zero attached hydrogens (tertiary/aromatic N) is 3. The molecule has 5 heteroatoms. The quantitative estimate of drug-likeness (QED) is 0.713. The van der Waals surface area contributed by atoms with E-state index in [1.54, 1.807) is 0 Å². The lowest BCUT2D eigenvalue weighted by molar-refractivity contribution is -0.120. The number of benzene rings is 2. The Kier molecular flexibility index (Phi) is 6.87. The topological polar surface area (TPSA) is 47.0 Å². The SMILES string of the molecule is CCC(O)(CC)c1ccc(N2CC[C@@H](Cc3ccccc3N3CCN(C)CC3)C2=O)cc1. The third kappa shape index (κ3) is 4.55. The van der Waals surface area contributed by atoms with Crippen LogP contribution in [0.15, 0.2) is 48.5 Å². The highest BCUT2D eigenvalue weighted by Crippen LogP contribution is 2.33. The second-order valence-electron chi connectivity index (χ2n) is 9.38. The standard InChI is InChI=1S/C27H37N3O2/c1-4-27(32,5-2)23-10-12-24(13-11-23)30-15-14-22(26(30)31)20-21-8-6-7-9-25(21)29-18-16-28(3)17-19-29/h6-13,22,32H,4-5,14-20H2,1-3H3/t22-/m0/s1. The van der Waals surface area contributed by atoms with Gasteiger partial charge in [-0.1, -0.05) is 44.2 Å². The Morgan fingerprint density at radius 3 is 2.25 bits per heavy atom. The van der Waals surface area contributed by atoms with Crippen molar-refractivity contribution in [3.8, 4) is 0 Å². The lowest BCUT2D eigenvalue weighted by atomic mass is 9.88. The normalized spacial score (nSPS) is 20.2. The zero-order chi connectivity index (χ0) is 22.7. The van der Waals surface area contributed by atoms with Gasteiger partial charge in [-0.2, -0.15) is 0 Å². The minimum Gasteiger partial charge on any atom is -0.385 e. The van der Waals surface area contributed by atoms with Crippen LogP contribution in [0.3, 0.4) is 0 Å². The summed E-state index contributed by atoms with van der Waals surface area (Å²) in [4.78, 5) is 20.0. The van der Waals surface area contributed by atoms with Gasteiger partial charge in [0.25, 0.3) is 0 Å². The largest absolute Gasteiger partial charge is 0.385 e. The van der Waals surface area contributed by atoms with Crippen LogP contribution < -0.4 is 9.80 Å². The van der Waals surface area contributed by atoms with Crippen LogP contribution >= 0.6 is 0 Å². The Labute approximate surface area is 192 Å². The van der Waals surface area contributed by atoms with E-state index >= 15 is 0 Å². The fourth-order valence-corrected chi connectivity index (χ4v) is 5.10. The number of amides is 1. The Morgan fingerprint density at radius 2 is 1.59 bits per heavy atom. The number of aliphatic hydroxyl groups is 1. The zero-order valence-electron chi connectivity index (χ0n) is 19.8. The number of carbonyl (C=O) groups is 1. The zero-order valence-corrected chi connectivity index (χ0v) is 19.8. The molecule has 0 bridgehead atoms. The first-order chi connectivity index (χ1) is 15.4. The predicted molar refractivity (Wildman–Crippen MR) is 131 cm³/mol. The molecule has 0 aliphatic carbocycles. The molecule has 0 spiro atoms. The van der Waals surface area contributed by atoms with Gasteiger partial charge in [-0.05, 0) is 62.1 Å². The van der Waals surface area contributed by atoms with E-state index in [1.807, 2.05) is 43.0 Å². The number of piperazine rings is 1. The van der Waals surface area contributed by atoms with Crippen molar-refractivity contribution in [1.82, 2.24) is 4.90 Å². The summed E-state index contributed by atoms with van der Waals surface area (Å²) in [5.41, 5.74) is 3.64. The van der Waals surface area contributed by atoms with Crippen LogP contribution in [0.25, 0.3) is 0 Å². The number of carbonyl (C=O) groups excluding carboxylic acids is 1. The Hall–Kier alpha value is -2.37. The lowest BCUT2D eigenvalue weighted by Gasteiger charge is -2.35. The van der Waals surface area contributed by atoms with Crippen LogP contribution in [0.4, 0.5) is 11.4 Å². The molecule has 2 heterocycles. The summed E-state index contributed by atoms with van der Waals surface area (Å²) in [5, 5.41) is 10.8. The van der Waals surface area contributed by atoms with E-state index in [9.17, 15) is 9.90 Å². The summed E-state index contributed by atoms with van der Waals surface area (Å²) in [5.74, 6) is 0.235. The Balaban J connectivity index is 1.46. The molecule has 1 amide bonds. The average Bonchev–Trinajstić information content (AvgIpc) is 3.19. The maximum atomic E-state index is 13.3. The molecular weight excluding hydrogens is 398 g/mol. The van der Waals surface area contributed by atoms with Gasteiger partial charge < -0.3 is 19.8 Å². The molecule has 0 radical (unpaired) electrons. The first kappa shape index (κ1) is 22.8. The van der Waals surface area contributed by atoms with E-state index < -0.39 is 5.60 Å². The number of hydrogen-bond donors (Lipinski definition) is 1. The van der Waals surface area contributed by atoms with Gasteiger partial charge >= 0.3 is 0 Å². The van der Waals surface area contributed by atoms with Crippen molar-refractivity contribution < 1.29 is 9.90 Å². The highest BCUT2D eigenvalue weighted by atomic mass is 16.3. The van der Waals surface area contributed by atoms with Crippen LogP contribution in [-0.4, -0.2) is 55.7 Å². The van der Waals surface area contributed by atoms with Crippen molar-refractivity contribution in [2.45, 2.75) is 45.1 Å². The number of rotatable bonds is 7. The van der Waals surface area contributed by atoms with Gasteiger partial charge in [0, 0.05) is 50.0 Å². The van der Waals surface area contributed by atoms with E-state index in [4.69, 9.17) is 0 Å². The lowest BCUT2D eigenvalue weighted by Crippen LogP contribution is -2.44. The van der Waals surface area contributed by atoms with Crippen LogP contribution in [0.2, 0.25) is 0 Å². The molecule has 0 saturated carbocycles. The van der Waals surface area contributed by atoms with Gasteiger partial charge in [0.05, 0.1) is 5.60 Å². The number of likely N-dealkylation sites (N-methyl/N-ethyl adjacent to an activating group) is 1. The van der Waals surface area contributed by atoms with Gasteiger partial charge in [0.1, 0.15) is 0 Å². The summed E-state index contributed by atoms with van der Waals surface area (Å²) in [6.07, 6.45) is 3.04. The van der Waals surface area contributed by atoms with Gasteiger partial charge in [-0.25, -0.2) is 0 Å². The summed E-state index contributed by atoms with van der Waals surface area (Å²) in [6, 6.07) is 16.5. The van der Waals surface area contributed by atoms with Crippen LogP contribution in [0.5, 0.6) is 0 Å². The molecule has 5 nitrogen and oxygen atoms in total. The Morgan fingerprint density at radius 1 is 0.938 bits per heavy atom. The van der Waals surface area contributed by atoms with Crippen molar-refractivity contribution >= 4 is 17.3 Å². The molecule has 4 rings (SSSR count). The molecule has 1 N–H and O–H groups in total. The van der Waals surface area contributed by atoms with E-state index in [-0.39, 0.29) is 11.8 Å². The van der Waals surface area contributed by atoms with Gasteiger partial charge in [-0.15, -0.1) is 0 Å². The van der Waals surface area contributed by atoms with Crippen molar-refractivity contribution in [3.63, 3.8) is 0 Å². The first-order valence-corrected chi connectivity index (χ1v) is 12.1. The van der Waals surface area contributed by atoms with Gasteiger partial charge in [-0.3, -0.25) is 4.79 Å². The Bertz CT molecular complexity index is 915. The van der Waals surface area contributed by atoms with Crippen LogP contribution in [-0.2, 0) is 16.8 Å². The van der Waals surface area contributed by atoms with E-state index in [0.717, 1.165) is 56.8 Å². The molecule has 2 aliphatic heterocycles. The molecule has 2 aromatic carbocycles. The maximum absolute atomic E-state index is 13.3. The average molecular weight is 436 g/mol. The molecule has 2 aliphatic rings. The van der Waals surface area contributed by atoms with Crippen molar-refractivity contribution in [1.29, 1.82) is 0 Å². The van der Waals surface area contributed by atoms with Crippen molar-refractivity contribution in [2.75, 3.05) is 49.6 Å². The molecule has 2 fully saturated rings. The maximum Gasteiger partial charge on any atom is 0.230 e. The van der Waals surface area contributed by atoms with Crippen molar-refractivity contribution in [3.05, 3.63) is 59.7 Å². The van der Waals surface area contributed by atoms with Crippen LogP contribution in [0, 0.1) is 5.92 Å². The number of para-hydroxylation sites is 1. The second kappa shape index (κ2) is 9.63. The van der Waals surface area contributed by atoms with E-state index in [0.29, 0.717) is 12.8 Å². The highest BCUT2D eigenvalue weighted by molar-refractivity contribution is 5.97. The molecule has 32 heavy (non-hydrogen) atoms. The second-order valence-corrected chi connectivity index (χ2v) is 9.38. The number of anilines is 2. The summed E-state index contributed by atoms with van der Waals surface area (Å²) >= 11 is 0. The van der Waals surface area contributed by atoms with E-state index in [2.05, 4.69) is 41.1 Å². The number of hydrogen-bond acceptors (Lipinski definition) is 4. The predicted octanol–water partition coefficient (Wildman–Crippen LogP) is 4.04. The van der Waals surface area contributed by atoms with Crippen LogP contribution in [0.1, 0.15) is 44.2 Å². The monoisotopic (exact) mass is 435 g/mol. The first-order valence-electron chi connectivity index (χ1n) is 12.1. The minimum atomic E-state index is -0.789.